The van der Waals surface area contributed by atoms with E-state index in [0.717, 1.165) is 16.9 Å². The van der Waals surface area contributed by atoms with Crippen LogP contribution in [0.1, 0.15) is 36.2 Å². The summed E-state index contributed by atoms with van der Waals surface area (Å²) in [6, 6.07) is 10.9. The molecular formula is C21H20F3N5O2. The number of nitrogens with one attached hydrogen (secondary N) is 1. The van der Waals surface area contributed by atoms with E-state index in [-0.39, 0.29) is 35.5 Å². The predicted octanol–water partition coefficient (Wildman–Crippen LogP) is 4.23. The van der Waals surface area contributed by atoms with Crippen LogP contribution in [-0.4, -0.2) is 31.9 Å². The average Bonchev–Trinajstić information content (AvgIpc) is 3.16. The first kappa shape index (κ1) is 22.1. The number of Topliss-reactive ketones (excluding diaryl/α,β-unsaturated/α-hetero) is 1. The van der Waals surface area contributed by atoms with Gasteiger partial charge in [-0.1, -0.05) is 26.0 Å². The van der Waals surface area contributed by atoms with Crippen LogP contribution >= 0.6 is 0 Å². The lowest BCUT2D eigenvalue weighted by Crippen LogP contribution is -2.15. The fourth-order valence-electron chi connectivity index (χ4n) is 2.80. The molecule has 0 saturated carbocycles. The second-order valence-corrected chi connectivity index (χ2v) is 7.37. The Morgan fingerprint density at radius 2 is 1.81 bits per heavy atom. The Balaban J connectivity index is 1.66. The molecule has 1 amide bonds. The first-order chi connectivity index (χ1) is 14.6. The molecule has 31 heavy (non-hydrogen) atoms. The van der Waals surface area contributed by atoms with Gasteiger partial charge in [0.25, 0.3) is 0 Å². The highest BCUT2D eigenvalue weighted by Gasteiger charge is 2.30. The van der Waals surface area contributed by atoms with Crippen LogP contribution in [0.2, 0.25) is 0 Å². The molecule has 0 fully saturated rings. The van der Waals surface area contributed by atoms with Gasteiger partial charge in [0.15, 0.2) is 5.78 Å². The van der Waals surface area contributed by atoms with Gasteiger partial charge in [-0.3, -0.25) is 9.59 Å². The van der Waals surface area contributed by atoms with Crippen molar-refractivity contribution in [3.63, 3.8) is 0 Å². The van der Waals surface area contributed by atoms with Crippen LogP contribution in [0.3, 0.4) is 0 Å². The fraction of sp³-hybridized carbons (Fsp3) is 0.286. The number of hydrogen-bond acceptors (Lipinski definition) is 5. The summed E-state index contributed by atoms with van der Waals surface area (Å²) < 4.78 is 38.6. The Morgan fingerprint density at radius 3 is 2.45 bits per heavy atom. The molecule has 0 unspecified atom stereocenters. The van der Waals surface area contributed by atoms with E-state index in [1.165, 1.54) is 12.1 Å². The number of carbonyl (C=O) groups is 2. The van der Waals surface area contributed by atoms with E-state index in [2.05, 4.69) is 20.7 Å². The number of alkyl halides is 3. The summed E-state index contributed by atoms with van der Waals surface area (Å²) in [6.45, 7) is 3.65. The molecule has 3 aromatic rings. The zero-order valence-electron chi connectivity index (χ0n) is 16.8. The lowest BCUT2D eigenvalue weighted by atomic mass is 10.1. The van der Waals surface area contributed by atoms with E-state index in [9.17, 15) is 22.8 Å². The maximum absolute atomic E-state index is 12.9. The third-order valence-corrected chi connectivity index (χ3v) is 4.27. The maximum atomic E-state index is 12.9. The summed E-state index contributed by atoms with van der Waals surface area (Å²) in [5, 5.41) is 14.3. The minimum atomic E-state index is -4.48. The minimum Gasteiger partial charge on any atom is -0.326 e. The van der Waals surface area contributed by atoms with Crippen LogP contribution in [0.5, 0.6) is 0 Å². The Labute approximate surface area is 176 Å². The first-order valence-electron chi connectivity index (χ1n) is 9.50. The van der Waals surface area contributed by atoms with Gasteiger partial charge in [-0.15, -0.1) is 10.2 Å². The Hall–Kier alpha value is -3.56. The molecule has 0 saturated heterocycles. The zero-order chi connectivity index (χ0) is 22.6. The molecule has 0 aliphatic carbocycles. The minimum absolute atomic E-state index is 0.0119. The highest BCUT2D eigenvalue weighted by Crippen LogP contribution is 2.31. The number of anilines is 1. The number of amides is 1. The monoisotopic (exact) mass is 431 g/mol. The summed E-state index contributed by atoms with van der Waals surface area (Å²) in [6.07, 6.45) is -4.09. The predicted molar refractivity (Wildman–Crippen MR) is 107 cm³/mol. The smallest absolute Gasteiger partial charge is 0.326 e. The third-order valence-electron chi connectivity index (χ3n) is 4.27. The van der Waals surface area contributed by atoms with Crippen molar-refractivity contribution in [3.05, 3.63) is 59.7 Å². The number of rotatable bonds is 7. The van der Waals surface area contributed by atoms with E-state index in [1.54, 1.807) is 24.3 Å². The number of nitrogens with zero attached hydrogens (tertiary/aromatic N) is 4. The van der Waals surface area contributed by atoms with E-state index >= 15 is 0 Å². The molecule has 0 spiro atoms. The molecule has 0 aliphatic rings. The molecular weight excluding hydrogens is 411 g/mol. The van der Waals surface area contributed by atoms with Crippen LogP contribution in [0.25, 0.3) is 11.4 Å². The Bertz CT molecular complexity index is 1080. The molecule has 1 heterocycles. The maximum Gasteiger partial charge on any atom is 0.416 e. The summed E-state index contributed by atoms with van der Waals surface area (Å²) in [5.74, 6) is -0.199. The van der Waals surface area contributed by atoms with Crippen molar-refractivity contribution < 1.29 is 22.8 Å². The highest BCUT2D eigenvalue weighted by molar-refractivity contribution is 5.97. The van der Waals surface area contributed by atoms with Crippen LogP contribution in [0, 0.1) is 5.92 Å². The van der Waals surface area contributed by atoms with Crippen LogP contribution in [0.15, 0.2) is 48.5 Å². The Kier molecular flexibility index (Phi) is 6.47. The fourth-order valence-corrected chi connectivity index (χ4v) is 2.80. The van der Waals surface area contributed by atoms with E-state index in [0.29, 0.717) is 17.7 Å². The topological polar surface area (TPSA) is 89.8 Å². The molecule has 3 rings (SSSR count). The first-order valence-corrected chi connectivity index (χ1v) is 9.50. The van der Waals surface area contributed by atoms with Gasteiger partial charge in [0, 0.05) is 23.2 Å². The van der Waals surface area contributed by atoms with E-state index in [4.69, 9.17) is 0 Å². The van der Waals surface area contributed by atoms with Crippen molar-refractivity contribution in [2.45, 2.75) is 33.0 Å². The van der Waals surface area contributed by atoms with Gasteiger partial charge in [0.2, 0.25) is 11.7 Å². The van der Waals surface area contributed by atoms with E-state index < -0.39 is 11.7 Å². The number of tetrazole rings is 1. The molecule has 10 heteroatoms. The molecule has 1 N–H and O–H groups in total. The average molecular weight is 431 g/mol. The number of halogens is 3. The molecule has 1 aromatic heterocycles. The zero-order valence-corrected chi connectivity index (χ0v) is 16.8. The van der Waals surface area contributed by atoms with E-state index in [1.807, 2.05) is 13.8 Å². The number of carbonyl (C=O) groups excluding carboxylic acids is 2. The molecule has 0 radical (unpaired) electrons. The van der Waals surface area contributed by atoms with Gasteiger partial charge in [0.1, 0.15) is 6.54 Å². The highest BCUT2D eigenvalue weighted by atomic mass is 19.4. The van der Waals surface area contributed by atoms with Gasteiger partial charge in [0.05, 0.1) is 5.56 Å². The lowest BCUT2D eigenvalue weighted by Gasteiger charge is -2.08. The quantitative estimate of drug-likeness (QED) is 0.566. The van der Waals surface area contributed by atoms with Gasteiger partial charge < -0.3 is 5.32 Å². The van der Waals surface area contributed by atoms with Gasteiger partial charge >= 0.3 is 6.18 Å². The molecule has 0 bridgehead atoms. The van der Waals surface area contributed by atoms with Crippen LogP contribution in [-0.2, 0) is 17.5 Å². The Morgan fingerprint density at radius 1 is 1.10 bits per heavy atom. The lowest BCUT2D eigenvalue weighted by molar-refractivity contribution is -0.137. The summed E-state index contributed by atoms with van der Waals surface area (Å²) in [4.78, 5) is 25.3. The third kappa shape index (κ3) is 5.97. The van der Waals surface area contributed by atoms with Crippen LogP contribution in [0.4, 0.5) is 18.9 Å². The number of hydrogen-bond donors (Lipinski definition) is 1. The van der Waals surface area contributed by atoms with Gasteiger partial charge in [-0.2, -0.15) is 18.0 Å². The molecule has 2 aromatic carbocycles. The van der Waals surface area contributed by atoms with Crippen molar-refractivity contribution in [2.24, 2.45) is 5.92 Å². The largest absolute Gasteiger partial charge is 0.416 e. The van der Waals surface area contributed by atoms with Gasteiger partial charge in [-0.05, 0) is 47.5 Å². The van der Waals surface area contributed by atoms with Crippen molar-refractivity contribution in [2.75, 3.05) is 5.32 Å². The molecule has 7 nitrogen and oxygen atoms in total. The summed E-state index contributed by atoms with van der Waals surface area (Å²) in [5.41, 5.74) is 0.278. The summed E-state index contributed by atoms with van der Waals surface area (Å²) in [7, 11) is 0. The SMILES string of the molecule is CC(C)CC(=O)Nc1ccc(C(=O)Cn2nnc(-c3cccc(C(F)(F)F)c3)n2)cc1. The number of aromatic nitrogens is 4. The van der Waals surface area contributed by atoms with Crippen molar-refractivity contribution in [3.8, 4) is 11.4 Å². The standard InChI is InChI=1S/C21H20F3N5O2/c1-13(2)10-19(31)25-17-8-6-14(7-9-17)18(30)12-29-27-20(26-28-29)15-4-3-5-16(11-15)21(22,23)24/h3-9,11,13H,10,12H2,1-2H3,(H,25,31). The van der Waals surface area contributed by atoms with Gasteiger partial charge in [-0.25, -0.2) is 0 Å². The molecule has 162 valence electrons. The van der Waals surface area contributed by atoms with Crippen molar-refractivity contribution >= 4 is 17.4 Å². The normalized spacial score (nSPS) is 11.5. The number of ketones is 1. The van der Waals surface area contributed by atoms with Crippen LogP contribution < -0.4 is 5.32 Å². The second-order valence-electron chi connectivity index (χ2n) is 7.37. The van der Waals surface area contributed by atoms with Crippen molar-refractivity contribution in [1.82, 2.24) is 20.2 Å². The molecule has 0 aliphatic heterocycles. The second kappa shape index (κ2) is 9.07. The number of benzene rings is 2. The van der Waals surface area contributed by atoms with Crippen molar-refractivity contribution in [1.29, 1.82) is 0 Å². The molecule has 0 atom stereocenters. The summed E-state index contributed by atoms with van der Waals surface area (Å²) >= 11 is 0.